The Morgan fingerprint density at radius 3 is 3.06 bits per heavy atom. The largest absolute Gasteiger partial charge is 0.497 e. The molecule has 0 radical (unpaired) electrons. The molecule has 0 bridgehead atoms. The third-order valence-electron chi connectivity index (χ3n) is 3.38. The molecule has 1 atom stereocenters. The van der Waals surface area contributed by atoms with Crippen LogP contribution in [0.3, 0.4) is 0 Å². The highest BCUT2D eigenvalue weighted by Gasteiger charge is 2.26. The SMILES string of the molecule is C=CC1CC(=O)N(CCc2cccc(OC)c2)C1. The molecule has 1 fully saturated rings. The summed E-state index contributed by atoms with van der Waals surface area (Å²) in [5.41, 5.74) is 1.20. The predicted octanol–water partition coefficient (Wildman–Crippen LogP) is 2.27. The molecule has 96 valence electrons. The van der Waals surface area contributed by atoms with Crippen LogP contribution in [0.25, 0.3) is 0 Å². The average molecular weight is 245 g/mol. The molecule has 1 saturated heterocycles. The lowest BCUT2D eigenvalue weighted by Crippen LogP contribution is -2.27. The van der Waals surface area contributed by atoms with Gasteiger partial charge in [0, 0.05) is 25.4 Å². The standard InChI is InChI=1S/C15H19NO2/c1-3-12-10-15(17)16(11-12)8-7-13-5-4-6-14(9-13)18-2/h3-6,9,12H,1,7-8,10-11H2,2H3. The first kappa shape index (κ1) is 12.7. The van der Waals surface area contributed by atoms with Gasteiger partial charge in [0.2, 0.25) is 5.91 Å². The molecule has 0 spiro atoms. The molecule has 1 aliphatic rings. The quantitative estimate of drug-likeness (QED) is 0.745. The Balaban J connectivity index is 1.91. The zero-order chi connectivity index (χ0) is 13.0. The Morgan fingerprint density at radius 1 is 1.56 bits per heavy atom. The lowest BCUT2D eigenvalue weighted by Gasteiger charge is -2.16. The molecule has 2 rings (SSSR count). The minimum Gasteiger partial charge on any atom is -0.497 e. The first-order valence-corrected chi connectivity index (χ1v) is 6.26. The van der Waals surface area contributed by atoms with Crippen LogP contribution in [-0.2, 0) is 11.2 Å². The molecule has 1 aromatic carbocycles. The van der Waals surface area contributed by atoms with Gasteiger partial charge in [0.15, 0.2) is 0 Å². The molecule has 0 N–H and O–H groups in total. The van der Waals surface area contributed by atoms with Gasteiger partial charge < -0.3 is 9.64 Å². The fourth-order valence-corrected chi connectivity index (χ4v) is 2.27. The van der Waals surface area contributed by atoms with Crippen LogP contribution < -0.4 is 4.74 Å². The van der Waals surface area contributed by atoms with Crippen LogP contribution in [0.5, 0.6) is 5.75 Å². The number of hydrogen-bond acceptors (Lipinski definition) is 2. The van der Waals surface area contributed by atoms with Crippen LogP contribution in [0.1, 0.15) is 12.0 Å². The smallest absolute Gasteiger partial charge is 0.223 e. The third-order valence-corrected chi connectivity index (χ3v) is 3.38. The number of likely N-dealkylation sites (tertiary alicyclic amines) is 1. The van der Waals surface area contributed by atoms with Crippen molar-refractivity contribution in [3.05, 3.63) is 42.5 Å². The summed E-state index contributed by atoms with van der Waals surface area (Å²) in [5.74, 6) is 1.43. The summed E-state index contributed by atoms with van der Waals surface area (Å²) in [7, 11) is 1.66. The summed E-state index contributed by atoms with van der Waals surface area (Å²) in [6.45, 7) is 5.34. The predicted molar refractivity (Wildman–Crippen MR) is 71.6 cm³/mol. The molecule has 18 heavy (non-hydrogen) atoms. The minimum absolute atomic E-state index is 0.239. The van der Waals surface area contributed by atoms with Gasteiger partial charge in [-0.05, 0) is 24.1 Å². The molecule has 3 nitrogen and oxygen atoms in total. The number of hydrogen-bond donors (Lipinski definition) is 0. The van der Waals surface area contributed by atoms with E-state index in [0.29, 0.717) is 12.3 Å². The van der Waals surface area contributed by atoms with Crippen LogP contribution in [0.2, 0.25) is 0 Å². The van der Waals surface area contributed by atoms with Crippen LogP contribution in [0.15, 0.2) is 36.9 Å². The number of carbonyl (C=O) groups is 1. The van der Waals surface area contributed by atoms with Gasteiger partial charge in [0.25, 0.3) is 0 Å². The van der Waals surface area contributed by atoms with E-state index in [1.807, 2.05) is 29.2 Å². The van der Waals surface area contributed by atoms with Crippen molar-refractivity contribution in [2.75, 3.05) is 20.2 Å². The Kier molecular flexibility index (Phi) is 4.03. The van der Waals surface area contributed by atoms with E-state index < -0.39 is 0 Å². The Bertz CT molecular complexity index is 442. The van der Waals surface area contributed by atoms with Crippen molar-refractivity contribution in [1.82, 2.24) is 4.90 Å². The summed E-state index contributed by atoms with van der Waals surface area (Å²) in [5, 5.41) is 0. The van der Waals surface area contributed by atoms with E-state index >= 15 is 0 Å². The highest BCUT2D eigenvalue weighted by atomic mass is 16.5. The van der Waals surface area contributed by atoms with Gasteiger partial charge in [-0.1, -0.05) is 18.2 Å². The number of amides is 1. The average Bonchev–Trinajstić information content (AvgIpc) is 2.77. The molecule has 0 aliphatic carbocycles. The molecule has 0 saturated carbocycles. The lowest BCUT2D eigenvalue weighted by atomic mass is 10.1. The first-order chi connectivity index (χ1) is 8.72. The topological polar surface area (TPSA) is 29.5 Å². The van der Waals surface area contributed by atoms with Crippen molar-refractivity contribution in [2.24, 2.45) is 5.92 Å². The molecular weight excluding hydrogens is 226 g/mol. The Labute approximate surface area is 108 Å². The first-order valence-electron chi connectivity index (χ1n) is 6.26. The number of methoxy groups -OCH3 is 1. The van der Waals surface area contributed by atoms with Gasteiger partial charge in [-0.2, -0.15) is 0 Å². The Hall–Kier alpha value is -1.77. The van der Waals surface area contributed by atoms with Crippen molar-refractivity contribution < 1.29 is 9.53 Å². The highest BCUT2D eigenvalue weighted by molar-refractivity contribution is 5.79. The summed E-state index contributed by atoms with van der Waals surface area (Å²) >= 11 is 0. The van der Waals surface area contributed by atoms with E-state index in [0.717, 1.165) is 25.3 Å². The summed E-state index contributed by atoms with van der Waals surface area (Å²) in [4.78, 5) is 13.7. The van der Waals surface area contributed by atoms with Crippen LogP contribution >= 0.6 is 0 Å². The number of benzene rings is 1. The zero-order valence-corrected chi connectivity index (χ0v) is 10.8. The molecule has 1 heterocycles. The summed E-state index contributed by atoms with van der Waals surface area (Å²) in [6, 6.07) is 7.99. The van der Waals surface area contributed by atoms with Crippen molar-refractivity contribution in [3.63, 3.8) is 0 Å². The van der Waals surface area contributed by atoms with Gasteiger partial charge in [-0.15, -0.1) is 6.58 Å². The van der Waals surface area contributed by atoms with E-state index in [1.165, 1.54) is 5.56 Å². The van der Waals surface area contributed by atoms with Crippen LogP contribution in [-0.4, -0.2) is 31.0 Å². The number of ether oxygens (including phenoxy) is 1. The van der Waals surface area contributed by atoms with E-state index in [2.05, 4.69) is 12.6 Å². The summed E-state index contributed by atoms with van der Waals surface area (Å²) < 4.78 is 5.19. The number of rotatable bonds is 5. The van der Waals surface area contributed by atoms with Gasteiger partial charge in [0.05, 0.1) is 7.11 Å². The highest BCUT2D eigenvalue weighted by Crippen LogP contribution is 2.19. The monoisotopic (exact) mass is 245 g/mol. The van der Waals surface area contributed by atoms with Crippen LogP contribution in [0.4, 0.5) is 0 Å². The molecule has 3 heteroatoms. The van der Waals surface area contributed by atoms with Gasteiger partial charge in [0.1, 0.15) is 5.75 Å². The van der Waals surface area contributed by atoms with E-state index in [4.69, 9.17) is 4.74 Å². The third kappa shape index (κ3) is 2.92. The maximum absolute atomic E-state index is 11.7. The fraction of sp³-hybridized carbons (Fsp3) is 0.400. The van der Waals surface area contributed by atoms with Crippen molar-refractivity contribution in [2.45, 2.75) is 12.8 Å². The normalized spacial score (nSPS) is 19.1. The molecule has 1 amide bonds. The van der Waals surface area contributed by atoms with Gasteiger partial charge in [-0.3, -0.25) is 4.79 Å². The van der Waals surface area contributed by atoms with Crippen molar-refractivity contribution >= 4 is 5.91 Å². The lowest BCUT2D eigenvalue weighted by molar-refractivity contribution is -0.127. The van der Waals surface area contributed by atoms with Crippen molar-refractivity contribution in [1.29, 1.82) is 0 Å². The molecule has 1 aliphatic heterocycles. The van der Waals surface area contributed by atoms with E-state index in [-0.39, 0.29) is 5.91 Å². The maximum atomic E-state index is 11.7. The Morgan fingerprint density at radius 2 is 2.39 bits per heavy atom. The number of carbonyl (C=O) groups excluding carboxylic acids is 1. The minimum atomic E-state index is 0.239. The second kappa shape index (κ2) is 5.71. The van der Waals surface area contributed by atoms with E-state index in [1.54, 1.807) is 7.11 Å². The zero-order valence-electron chi connectivity index (χ0n) is 10.8. The molecule has 0 aromatic heterocycles. The molecule has 1 aromatic rings. The van der Waals surface area contributed by atoms with Gasteiger partial charge >= 0.3 is 0 Å². The second-order valence-electron chi connectivity index (χ2n) is 4.64. The number of nitrogens with zero attached hydrogens (tertiary/aromatic N) is 1. The van der Waals surface area contributed by atoms with E-state index in [9.17, 15) is 4.79 Å². The van der Waals surface area contributed by atoms with Crippen LogP contribution in [0, 0.1) is 5.92 Å². The van der Waals surface area contributed by atoms with Gasteiger partial charge in [-0.25, -0.2) is 0 Å². The second-order valence-corrected chi connectivity index (χ2v) is 4.64. The molecular formula is C15H19NO2. The summed E-state index contributed by atoms with van der Waals surface area (Å²) in [6.07, 6.45) is 3.36. The molecule has 1 unspecified atom stereocenters. The maximum Gasteiger partial charge on any atom is 0.223 e. The fourth-order valence-electron chi connectivity index (χ4n) is 2.27. The van der Waals surface area contributed by atoms with Crippen molar-refractivity contribution in [3.8, 4) is 5.75 Å².